The normalized spacial score (nSPS) is 10.9. The molecule has 0 atom stereocenters. The van der Waals surface area contributed by atoms with Gasteiger partial charge in [-0.05, 0) is 30.3 Å². The molecular weight excluding hydrogens is 292 g/mol. The highest BCUT2D eigenvalue weighted by Gasteiger charge is 2.07. The molecule has 0 spiro atoms. The van der Waals surface area contributed by atoms with Crippen molar-refractivity contribution in [2.45, 2.75) is 18.1 Å². The zero-order valence-electron chi connectivity index (χ0n) is 9.91. The minimum atomic E-state index is -2.38. The lowest BCUT2D eigenvalue weighted by Crippen LogP contribution is -1.97. The molecule has 1 aromatic carbocycles. The largest absolute Gasteiger partial charge is 0.463 e. The highest BCUT2D eigenvalue weighted by atomic mass is 35.5. The second-order valence-corrected chi connectivity index (χ2v) is 5.22. The van der Waals surface area contributed by atoms with Gasteiger partial charge in [-0.3, -0.25) is 0 Å². The molecule has 6 heteroatoms. The first-order valence-electron chi connectivity index (χ1n) is 5.60. The van der Waals surface area contributed by atoms with E-state index in [1.807, 2.05) is 12.1 Å². The molecule has 0 fully saturated rings. The van der Waals surface area contributed by atoms with Gasteiger partial charge in [0, 0.05) is 10.7 Å². The van der Waals surface area contributed by atoms with Crippen molar-refractivity contribution in [2.24, 2.45) is 0 Å². The second kappa shape index (κ2) is 6.82. The van der Waals surface area contributed by atoms with E-state index < -0.39 is 5.76 Å². The molecule has 1 heterocycles. The zero-order valence-corrected chi connectivity index (χ0v) is 11.5. The van der Waals surface area contributed by atoms with E-state index >= 15 is 0 Å². The maximum atomic E-state index is 12.0. The van der Waals surface area contributed by atoms with Gasteiger partial charge < -0.3 is 9.73 Å². The Kier molecular flexibility index (Phi) is 5.10. The summed E-state index contributed by atoms with van der Waals surface area (Å²) in [6.45, 7) is 0.486. The third kappa shape index (κ3) is 4.76. The number of rotatable bonds is 6. The van der Waals surface area contributed by atoms with Crippen molar-refractivity contribution in [1.29, 1.82) is 0 Å². The van der Waals surface area contributed by atoms with Crippen LogP contribution in [0.4, 0.5) is 14.5 Å². The molecule has 0 bridgehead atoms. The predicted molar refractivity (Wildman–Crippen MR) is 74.8 cm³/mol. The fourth-order valence-corrected chi connectivity index (χ4v) is 2.16. The lowest BCUT2D eigenvalue weighted by Gasteiger charge is -2.04. The highest BCUT2D eigenvalue weighted by Crippen LogP contribution is 2.22. The zero-order chi connectivity index (χ0) is 13.7. The molecule has 0 unspecified atom stereocenters. The summed E-state index contributed by atoms with van der Waals surface area (Å²) in [7, 11) is 0. The molecule has 1 aromatic heterocycles. The van der Waals surface area contributed by atoms with Gasteiger partial charge >= 0.3 is 0 Å². The van der Waals surface area contributed by atoms with E-state index in [9.17, 15) is 8.78 Å². The third-order valence-corrected chi connectivity index (χ3v) is 3.30. The molecule has 19 heavy (non-hydrogen) atoms. The Morgan fingerprint density at radius 1 is 1.21 bits per heavy atom. The van der Waals surface area contributed by atoms with Crippen molar-refractivity contribution < 1.29 is 13.2 Å². The predicted octanol–water partition coefficient (Wildman–Crippen LogP) is 5.00. The Hall–Kier alpha value is -1.20. The lowest BCUT2D eigenvalue weighted by atomic mass is 10.3. The molecule has 0 aliphatic heterocycles. The van der Waals surface area contributed by atoms with Gasteiger partial charge in [-0.25, -0.2) is 0 Å². The van der Waals surface area contributed by atoms with E-state index in [1.54, 1.807) is 24.3 Å². The number of furan rings is 1. The van der Waals surface area contributed by atoms with Gasteiger partial charge in [-0.1, -0.05) is 29.4 Å². The number of anilines is 1. The fourth-order valence-electron chi connectivity index (χ4n) is 1.53. The summed E-state index contributed by atoms with van der Waals surface area (Å²) in [4.78, 5) is 0. The first kappa shape index (κ1) is 14.2. The van der Waals surface area contributed by atoms with Crippen LogP contribution < -0.4 is 5.32 Å². The summed E-state index contributed by atoms with van der Waals surface area (Å²) in [5.41, 5.74) is 0.882. The van der Waals surface area contributed by atoms with E-state index in [4.69, 9.17) is 16.0 Å². The molecule has 2 aromatic rings. The average Bonchev–Trinajstić information content (AvgIpc) is 2.82. The molecule has 2 nitrogen and oxygen atoms in total. The molecule has 102 valence electrons. The Labute approximate surface area is 119 Å². The summed E-state index contributed by atoms with van der Waals surface area (Å²) in [5.74, 6) is -0.953. The van der Waals surface area contributed by atoms with Gasteiger partial charge in [0.2, 0.25) is 0 Å². The molecule has 0 radical (unpaired) electrons. The minimum absolute atomic E-state index is 0.175. The van der Waals surface area contributed by atoms with Crippen LogP contribution in [-0.4, -0.2) is 5.76 Å². The number of hydrogen-bond acceptors (Lipinski definition) is 3. The highest BCUT2D eigenvalue weighted by molar-refractivity contribution is 7.98. The number of nitrogens with one attached hydrogen (secondary N) is 1. The van der Waals surface area contributed by atoms with Gasteiger partial charge in [0.25, 0.3) is 5.76 Å². The van der Waals surface area contributed by atoms with E-state index in [1.165, 1.54) is 0 Å². The second-order valence-electron chi connectivity index (χ2n) is 3.80. The fraction of sp³-hybridized carbons (Fsp3) is 0.231. The van der Waals surface area contributed by atoms with E-state index in [-0.39, 0.29) is 5.75 Å². The number of halogens is 3. The topological polar surface area (TPSA) is 25.2 Å². The Morgan fingerprint density at radius 3 is 2.74 bits per heavy atom. The summed E-state index contributed by atoms with van der Waals surface area (Å²) in [5, 5.41) is 3.80. The molecule has 0 aliphatic carbocycles. The van der Waals surface area contributed by atoms with Crippen LogP contribution in [0.1, 0.15) is 11.5 Å². The molecule has 2 rings (SSSR count). The van der Waals surface area contributed by atoms with Crippen LogP contribution >= 0.6 is 23.4 Å². The first-order chi connectivity index (χ1) is 9.13. The molecular formula is C13H12ClF2NOS. The van der Waals surface area contributed by atoms with Crippen molar-refractivity contribution in [3.8, 4) is 0 Å². The van der Waals surface area contributed by atoms with Crippen LogP contribution in [0.3, 0.4) is 0 Å². The van der Waals surface area contributed by atoms with Gasteiger partial charge in [-0.2, -0.15) is 8.78 Å². The van der Waals surface area contributed by atoms with Crippen molar-refractivity contribution in [2.75, 3.05) is 5.32 Å². The Balaban J connectivity index is 1.86. The van der Waals surface area contributed by atoms with E-state index in [2.05, 4.69) is 5.32 Å². The minimum Gasteiger partial charge on any atom is -0.463 e. The van der Waals surface area contributed by atoms with Crippen LogP contribution in [0.25, 0.3) is 0 Å². The first-order valence-corrected chi connectivity index (χ1v) is 7.03. The van der Waals surface area contributed by atoms with E-state index in [0.717, 1.165) is 5.69 Å². The Bertz CT molecular complexity index is 533. The maximum absolute atomic E-state index is 12.0. The average molecular weight is 304 g/mol. The van der Waals surface area contributed by atoms with Gasteiger partial charge in [-0.15, -0.1) is 0 Å². The summed E-state index contributed by atoms with van der Waals surface area (Å²) < 4.78 is 29.5. The number of benzene rings is 1. The molecule has 1 N–H and O–H groups in total. The summed E-state index contributed by atoms with van der Waals surface area (Å²) >= 11 is 6.41. The van der Waals surface area contributed by atoms with Gasteiger partial charge in [0.15, 0.2) is 0 Å². The Morgan fingerprint density at radius 2 is 2.00 bits per heavy atom. The smallest absolute Gasteiger partial charge is 0.284 e. The number of hydrogen-bond donors (Lipinski definition) is 1. The molecule has 0 saturated heterocycles. The summed E-state index contributed by atoms with van der Waals surface area (Å²) in [6, 6.07) is 10.8. The third-order valence-electron chi connectivity index (χ3n) is 2.36. The molecule has 0 aliphatic rings. The van der Waals surface area contributed by atoms with Gasteiger partial charge in [0.1, 0.15) is 11.5 Å². The van der Waals surface area contributed by atoms with Crippen LogP contribution in [0, 0.1) is 0 Å². The van der Waals surface area contributed by atoms with Crippen LogP contribution in [0.5, 0.6) is 0 Å². The van der Waals surface area contributed by atoms with Crippen molar-refractivity contribution in [3.63, 3.8) is 0 Å². The molecule has 0 saturated carbocycles. The quantitative estimate of drug-likeness (QED) is 0.813. The number of alkyl halides is 2. The van der Waals surface area contributed by atoms with Gasteiger partial charge in [0.05, 0.1) is 12.3 Å². The van der Waals surface area contributed by atoms with Crippen molar-refractivity contribution in [1.82, 2.24) is 0 Å². The van der Waals surface area contributed by atoms with Crippen LogP contribution in [0.15, 0.2) is 40.8 Å². The van der Waals surface area contributed by atoms with Crippen LogP contribution in [-0.2, 0) is 12.3 Å². The van der Waals surface area contributed by atoms with Crippen LogP contribution in [0.2, 0.25) is 5.02 Å². The monoisotopic (exact) mass is 303 g/mol. The number of thioether (sulfide) groups is 1. The van der Waals surface area contributed by atoms with Crippen molar-refractivity contribution in [3.05, 3.63) is 52.9 Å². The van der Waals surface area contributed by atoms with Crippen molar-refractivity contribution >= 4 is 29.1 Å². The SMILES string of the molecule is FC(F)SCc1ccc(CNc2cccc(Cl)c2)o1. The maximum Gasteiger partial charge on any atom is 0.284 e. The lowest BCUT2D eigenvalue weighted by molar-refractivity contribution is 0.251. The van der Waals surface area contributed by atoms with E-state index in [0.29, 0.717) is 34.8 Å². The summed E-state index contributed by atoms with van der Waals surface area (Å²) in [6.07, 6.45) is 0. The standard InChI is InChI=1S/C13H12ClF2NOS/c14-9-2-1-3-10(6-9)17-7-11-4-5-12(18-11)8-19-13(15)16/h1-6,13,17H,7-8H2. The molecule has 0 amide bonds.